The van der Waals surface area contributed by atoms with E-state index >= 15 is 0 Å². The number of halogens is 1. The number of nitrogens with zero attached hydrogens (tertiary/aromatic N) is 2. The van der Waals surface area contributed by atoms with Crippen molar-refractivity contribution in [3.8, 4) is 0 Å². The first-order chi connectivity index (χ1) is 14.5. The van der Waals surface area contributed by atoms with Gasteiger partial charge in [0, 0.05) is 42.2 Å². The van der Waals surface area contributed by atoms with Crippen LogP contribution in [0.15, 0.2) is 41.8 Å². The fourth-order valence-electron chi connectivity index (χ4n) is 3.95. The van der Waals surface area contributed by atoms with Gasteiger partial charge in [-0.25, -0.2) is 4.39 Å². The smallest absolute Gasteiger partial charge is 0.266 e. The second-order valence-corrected chi connectivity index (χ2v) is 9.89. The van der Waals surface area contributed by atoms with Gasteiger partial charge in [0.2, 0.25) is 0 Å². The van der Waals surface area contributed by atoms with E-state index in [1.807, 2.05) is 29.6 Å². The first kappa shape index (κ1) is 21.2. The van der Waals surface area contributed by atoms with Crippen LogP contribution in [-0.2, 0) is 0 Å². The van der Waals surface area contributed by atoms with Crippen LogP contribution in [0.3, 0.4) is 0 Å². The number of anilines is 1. The van der Waals surface area contributed by atoms with Crippen molar-refractivity contribution in [2.75, 3.05) is 38.5 Å². The second kappa shape index (κ2) is 8.98. The molecule has 0 saturated carbocycles. The Labute approximate surface area is 185 Å². The molecule has 4 rings (SSSR count). The van der Waals surface area contributed by atoms with Crippen LogP contribution in [0.1, 0.15) is 37.3 Å². The van der Waals surface area contributed by atoms with Crippen molar-refractivity contribution in [2.45, 2.75) is 19.9 Å². The molecule has 7 heteroatoms. The first-order valence-electron chi connectivity index (χ1n) is 10.1. The number of nitrogens with one attached hydrogen (secondary N) is 1. The number of carbonyl (C=O) groups is 1. The molecule has 0 bridgehead atoms. The molecule has 0 spiro atoms. The maximum Gasteiger partial charge on any atom is 0.266 e. The van der Waals surface area contributed by atoms with Crippen molar-refractivity contribution in [1.29, 1.82) is 0 Å². The molecule has 1 aliphatic heterocycles. The quantitative estimate of drug-likeness (QED) is 0.592. The number of rotatable bonds is 5. The van der Waals surface area contributed by atoms with Crippen molar-refractivity contribution < 1.29 is 9.18 Å². The summed E-state index contributed by atoms with van der Waals surface area (Å²) in [4.78, 5) is 19.3. The van der Waals surface area contributed by atoms with E-state index in [1.54, 1.807) is 17.4 Å². The number of hydrogen-bond donors (Lipinski definition) is 1. The van der Waals surface area contributed by atoms with Crippen molar-refractivity contribution in [3.05, 3.63) is 74.0 Å². The van der Waals surface area contributed by atoms with Gasteiger partial charge in [0.25, 0.3) is 5.91 Å². The number of amides is 1. The number of carbonyl (C=O) groups excluding carboxylic acids is 1. The second-order valence-electron chi connectivity index (χ2n) is 7.72. The van der Waals surface area contributed by atoms with Gasteiger partial charge in [0.15, 0.2) is 0 Å². The van der Waals surface area contributed by atoms with E-state index < -0.39 is 0 Å². The van der Waals surface area contributed by atoms with Crippen LogP contribution >= 0.6 is 22.7 Å². The van der Waals surface area contributed by atoms with Crippen LogP contribution in [-0.4, -0.2) is 48.9 Å². The number of thiophene rings is 2. The van der Waals surface area contributed by atoms with E-state index in [2.05, 4.69) is 36.0 Å². The number of piperazine rings is 1. The lowest BCUT2D eigenvalue weighted by Gasteiger charge is -2.39. The minimum absolute atomic E-state index is 0.113. The summed E-state index contributed by atoms with van der Waals surface area (Å²) in [6, 6.07) is 10.5. The summed E-state index contributed by atoms with van der Waals surface area (Å²) in [5, 5.41) is 5.83. The molecule has 1 saturated heterocycles. The molecule has 1 amide bonds. The summed E-state index contributed by atoms with van der Waals surface area (Å²) < 4.78 is 15.0. The Balaban J connectivity index is 1.78. The Morgan fingerprint density at radius 3 is 2.50 bits per heavy atom. The zero-order valence-electron chi connectivity index (χ0n) is 17.4. The van der Waals surface area contributed by atoms with E-state index in [4.69, 9.17) is 0 Å². The largest absolute Gasteiger partial charge is 0.313 e. The molecule has 1 fully saturated rings. The average molecular weight is 444 g/mol. The highest BCUT2D eigenvalue weighted by atomic mass is 32.1. The maximum atomic E-state index is 15.0. The van der Waals surface area contributed by atoms with Gasteiger partial charge in [-0.05, 0) is 44.0 Å². The number of aryl methyl sites for hydroxylation is 1. The van der Waals surface area contributed by atoms with Crippen LogP contribution in [0, 0.1) is 19.7 Å². The Kier molecular flexibility index (Phi) is 6.34. The molecule has 1 aromatic carbocycles. The van der Waals surface area contributed by atoms with Crippen LogP contribution in [0.4, 0.5) is 9.39 Å². The maximum absolute atomic E-state index is 15.0. The van der Waals surface area contributed by atoms with Crippen LogP contribution in [0.25, 0.3) is 0 Å². The van der Waals surface area contributed by atoms with Gasteiger partial charge in [-0.3, -0.25) is 9.69 Å². The first-order valence-corrected chi connectivity index (χ1v) is 11.8. The topological polar surface area (TPSA) is 35.6 Å². The monoisotopic (exact) mass is 443 g/mol. The standard InChI is InChI=1S/C23H26FN3OS2/c1-15-16(2)30-23(25-22(28)19-9-6-14-29-19)20(15)21(17-7-4-5-8-18(17)24)27-12-10-26(3)11-13-27/h4-9,14,21H,10-13H2,1-3H3,(H,25,28)/t21-/m0/s1. The SMILES string of the molecule is Cc1sc(NC(=O)c2cccs2)c([C@H](c2ccccc2F)N2CCN(C)CC2)c1C. The van der Waals surface area contributed by atoms with Crippen LogP contribution < -0.4 is 5.32 Å². The van der Waals surface area contributed by atoms with E-state index in [0.717, 1.165) is 47.2 Å². The molecule has 0 aliphatic carbocycles. The van der Waals surface area contributed by atoms with Gasteiger partial charge in [-0.2, -0.15) is 0 Å². The zero-order chi connectivity index (χ0) is 21.3. The normalized spacial score (nSPS) is 16.5. The summed E-state index contributed by atoms with van der Waals surface area (Å²) in [5.74, 6) is -0.321. The van der Waals surface area contributed by atoms with Crippen LogP contribution in [0.2, 0.25) is 0 Å². The molecule has 4 nitrogen and oxygen atoms in total. The molecule has 0 radical (unpaired) electrons. The lowest BCUT2D eigenvalue weighted by Crippen LogP contribution is -2.46. The molecule has 3 aromatic rings. The highest BCUT2D eigenvalue weighted by molar-refractivity contribution is 7.17. The third kappa shape index (κ3) is 4.21. The Bertz CT molecular complexity index is 1020. The van der Waals surface area contributed by atoms with E-state index in [0.29, 0.717) is 10.4 Å². The average Bonchev–Trinajstić information content (AvgIpc) is 3.35. The molecule has 30 heavy (non-hydrogen) atoms. The summed E-state index contributed by atoms with van der Waals surface area (Å²) in [6.07, 6.45) is 0. The highest BCUT2D eigenvalue weighted by Gasteiger charge is 2.32. The van der Waals surface area contributed by atoms with Crippen LogP contribution in [0.5, 0.6) is 0 Å². The molecule has 2 aromatic heterocycles. The molecule has 3 heterocycles. The van der Waals surface area contributed by atoms with E-state index in [9.17, 15) is 9.18 Å². The zero-order valence-corrected chi connectivity index (χ0v) is 19.1. The summed E-state index contributed by atoms with van der Waals surface area (Å²) in [6.45, 7) is 7.71. The lowest BCUT2D eigenvalue weighted by molar-refractivity contribution is 0.103. The molecular weight excluding hydrogens is 417 g/mol. The van der Waals surface area contributed by atoms with Crippen molar-refractivity contribution in [2.24, 2.45) is 0 Å². The number of hydrogen-bond acceptors (Lipinski definition) is 5. The van der Waals surface area contributed by atoms with Gasteiger partial charge in [-0.1, -0.05) is 24.3 Å². The van der Waals surface area contributed by atoms with Gasteiger partial charge in [0.05, 0.1) is 10.9 Å². The van der Waals surface area contributed by atoms with E-state index in [-0.39, 0.29) is 17.8 Å². The Morgan fingerprint density at radius 2 is 1.83 bits per heavy atom. The van der Waals surface area contributed by atoms with Gasteiger partial charge >= 0.3 is 0 Å². The molecule has 158 valence electrons. The lowest BCUT2D eigenvalue weighted by atomic mass is 9.94. The summed E-state index contributed by atoms with van der Waals surface area (Å²) in [7, 11) is 2.11. The predicted molar refractivity (Wildman–Crippen MR) is 123 cm³/mol. The fraction of sp³-hybridized carbons (Fsp3) is 0.348. The summed E-state index contributed by atoms with van der Waals surface area (Å²) in [5.41, 5.74) is 2.79. The predicted octanol–water partition coefficient (Wildman–Crippen LogP) is 5.15. The van der Waals surface area contributed by atoms with Gasteiger partial charge < -0.3 is 10.2 Å². The Morgan fingerprint density at radius 1 is 1.10 bits per heavy atom. The van der Waals surface area contributed by atoms with Gasteiger partial charge in [0.1, 0.15) is 10.8 Å². The van der Waals surface area contributed by atoms with E-state index in [1.165, 1.54) is 17.4 Å². The minimum atomic E-state index is -0.233. The highest BCUT2D eigenvalue weighted by Crippen LogP contribution is 2.43. The number of likely N-dealkylation sites (N-methyl/N-ethyl adjacent to an activating group) is 1. The van der Waals surface area contributed by atoms with Crippen molar-refractivity contribution in [1.82, 2.24) is 9.80 Å². The molecular formula is C23H26FN3OS2. The molecule has 1 aliphatic rings. The third-order valence-electron chi connectivity index (χ3n) is 5.78. The van der Waals surface area contributed by atoms with Crippen molar-refractivity contribution >= 4 is 33.6 Å². The Hall–Kier alpha value is -2.06. The molecule has 1 N–H and O–H groups in total. The molecule has 1 atom stereocenters. The summed E-state index contributed by atoms with van der Waals surface area (Å²) >= 11 is 2.99. The van der Waals surface area contributed by atoms with Gasteiger partial charge in [-0.15, -0.1) is 22.7 Å². The minimum Gasteiger partial charge on any atom is -0.313 e. The molecule has 0 unspecified atom stereocenters. The third-order valence-corrected chi connectivity index (χ3v) is 7.79. The van der Waals surface area contributed by atoms with Crippen molar-refractivity contribution in [3.63, 3.8) is 0 Å². The number of benzene rings is 1. The fourth-order valence-corrected chi connectivity index (χ4v) is 5.66.